The number of piperidine rings is 1. The Morgan fingerprint density at radius 2 is 1.71 bits per heavy atom. The van der Waals surface area contributed by atoms with Gasteiger partial charge in [-0.1, -0.05) is 57.2 Å². The van der Waals surface area contributed by atoms with Crippen LogP contribution in [0.25, 0.3) is 0 Å². The maximum Gasteiger partial charge on any atom is 0.410 e. The molecule has 2 aromatic rings. The van der Waals surface area contributed by atoms with E-state index >= 15 is 0 Å². The van der Waals surface area contributed by atoms with Crippen molar-refractivity contribution in [3.63, 3.8) is 0 Å². The second-order valence-corrected chi connectivity index (χ2v) is 17.0. The van der Waals surface area contributed by atoms with Gasteiger partial charge in [-0.05, 0) is 79.3 Å². The van der Waals surface area contributed by atoms with Gasteiger partial charge >= 0.3 is 6.09 Å². The molecule has 6 heteroatoms. The lowest BCUT2D eigenvalue weighted by molar-refractivity contribution is 0.0545. The Morgan fingerprint density at radius 3 is 2.34 bits per heavy atom. The summed E-state index contributed by atoms with van der Waals surface area (Å²) in [6.07, 6.45) is 2.95. The van der Waals surface area contributed by atoms with Gasteiger partial charge in [0.05, 0.1) is 6.04 Å². The zero-order valence-corrected chi connectivity index (χ0v) is 23.0. The lowest BCUT2D eigenvalue weighted by atomic mass is 9.86. The molecular weight excluding hydrogens is 452 g/mol. The largest absolute Gasteiger partial charge is 0.544 e. The summed E-state index contributed by atoms with van der Waals surface area (Å²) in [5, 5.41) is 0.143. The van der Waals surface area contributed by atoms with Crippen LogP contribution in [-0.2, 0) is 11.2 Å². The summed E-state index contributed by atoms with van der Waals surface area (Å²) in [5.41, 5.74) is 3.77. The third kappa shape index (κ3) is 4.75. The van der Waals surface area contributed by atoms with E-state index in [4.69, 9.17) is 9.16 Å². The zero-order chi connectivity index (χ0) is 24.8. The number of benzene rings is 2. The summed E-state index contributed by atoms with van der Waals surface area (Å²) in [5.74, 6) is 0.907. The average molecular weight is 493 g/mol. The van der Waals surface area contributed by atoms with Crippen molar-refractivity contribution in [3.05, 3.63) is 65.2 Å². The van der Waals surface area contributed by atoms with E-state index in [1.165, 1.54) is 11.1 Å². The van der Waals surface area contributed by atoms with Crippen molar-refractivity contribution in [3.8, 4) is 5.75 Å². The number of fused-ring (bicyclic) bond motifs is 3. The molecule has 1 atom stereocenters. The summed E-state index contributed by atoms with van der Waals surface area (Å²) in [4.78, 5) is 17.9. The highest BCUT2D eigenvalue weighted by Gasteiger charge is 2.45. The van der Waals surface area contributed by atoms with Crippen molar-refractivity contribution in [2.75, 3.05) is 32.8 Å². The minimum absolute atomic E-state index is 0.143. The molecule has 0 aromatic heterocycles. The maximum atomic E-state index is 13.5. The molecule has 0 radical (unpaired) electrons. The van der Waals surface area contributed by atoms with Gasteiger partial charge in [-0.25, -0.2) is 4.79 Å². The van der Waals surface area contributed by atoms with Crippen LogP contribution in [-0.4, -0.2) is 57.0 Å². The molecule has 1 amide bonds. The van der Waals surface area contributed by atoms with Gasteiger partial charge in [-0.3, -0.25) is 4.90 Å². The number of ether oxygens (including phenoxy) is 1. The number of nitrogens with zero attached hydrogens (tertiary/aromatic N) is 2. The van der Waals surface area contributed by atoms with Gasteiger partial charge in [0.25, 0.3) is 0 Å². The molecule has 3 aliphatic rings. The first-order valence-corrected chi connectivity index (χ1v) is 16.0. The predicted octanol–water partition coefficient (Wildman–Crippen LogP) is 6.25. The summed E-state index contributed by atoms with van der Waals surface area (Å²) in [6, 6.07) is 16.7. The van der Waals surface area contributed by atoms with E-state index in [9.17, 15) is 4.79 Å². The lowest BCUT2D eigenvalue weighted by Gasteiger charge is -2.38. The average Bonchev–Trinajstić information content (AvgIpc) is 3.43. The van der Waals surface area contributed by atoms with Crippen LogP contribution in [0.2, 0.25) is 18.1 Å². The van der Waals surface area contributed by atoms with Crippen LogP contribution in [0, 0.1) is 5.41 Å². The Kier molecular flexibility index (Phi) is 6.25. The second-order valence-electron chi connectivity index (χ2n) is 12.3. The normalized spacial score (nSPS) is 25.9. The van der Waals surface area contributed by atoms with Gasteiger partial charge in [-0.2, -0.15) is 0 Å². The summed E-state index contributed by atoms with van der Waals surface area (Å²) in [7, 11) is -1.91. The SMILES string of the molecule is CC(C)(C)[Si](C)(C)Oc1ccc([C@H]2c3ccccc3CCN2C(=O)OCC23CCN(CC2)C3)cc1. The van der Waals surface area contributed by atoms with E-state index in [1.54, 1.807) is 0 Å². The number of carbonyl (C=O) groups excluding carboxylic acids is 1. The van der Waals surface area contributed by atoms with Crippen molar-refractivity contribution in [2.24, 2.45) is 5.41 Å². The van der Waals surface area contributed by atoms with Crippen molar-refractivity contribution in [1.29, 1.82) is 0 Å². The van der Waals surface area contributed by atoms with Crippen LogP contribution in [0.1, 0.15) is 56.3 Å². The molecule has 3 heterocycles. The van der Waals surface area contributed by atoms with E-state index in [1.807, 2.05) is 4.90 Å². The molecule has 0 saturated carbocycles. The molecule has 5 nitrogen and oxygen atoms in total. The Morgan fingerprint density at radius 1 is 1.03 bits per heavy atom. The molecule has 0 spiro atoms. The highest BCUT2D eigenvalue weighted by atomic mass is 28.4. The Balaban J connectivity index is 1.37. The molecule has 0 unspecified atom stereocenters. The fourth-order valence-corrected chi connectivity index (χ4v) is 6.63. The van der Waals surface area contributed by atoms with Crippen molar-refractivity contribution in [1.82, 2.24) is 9.80 Å². The smallest absolute Gasteiger partial charge is 0.410 e. The number of hydrogen-bond acceptors (Lipinski definition) is 4. The summed E-state index contributed by atoms with van der Waals surface area (Å²) in [6.45, 7) is 15.9. The van der Waals surface area contributed by atoms with Gasteiger partial charge in [0.1, 0.15) is 12.4 Å². The molecule has 3 aliphatic heterocycles. The first-order chi connectivity index (χ1) is 16.6. The highest BCUT2D eigenvalue weighted by molar-refractivity contribution is 6.74. The molecule has 188 valence electrons. The maximum absolute atomic E-state index is 13.5. The molecule has 2 bridgehead atoms. The Bertz CT molecular complexity index is 1070. The van der Waals surface area contributed by atoms with Crippen LogP contribution in [0.3, 0.4) is 0 Å². The first kappa shape index (κ1) is 24.4. The molecule has 35 heavy (non-hydrogen) atoms. The number of amides is 1. The fourth-order valence-electron chi connectivity index (χ4n) is 5.59. The van der Waals surface area contributed by atoms with Crippen molar-refractivity contribution >= 4 is 14.4 Å². The lowest BCUT2D eigenvalue weighted by Crippen LogP contribution is -2.44. The standard InChI is InChI=1S/C29H40N2O3Si/c1-28(2,3)35(4,5)34-24-12-10-23(11-13-24)26-25-9-7-6-8-22(25)14-17-31(26)27(32)33-21-29-15-18-30(20-29)19-16-29/h6-13,26H,14-21H2,1-5H3/t26-/m0/s1. The Labute approximate surface area is 211 Å². The topological polar surface area (TPSA) is 42.0 Å². The van der Waals surface area contributed by atoms with Crippen LogP contribution in [0.4, 0.5) is 4.79 Å². The molecule has 2 aromatic carbocycles. The molecule has 0 N–H and O–H groups in total. The van der Waals surface area contributed by atoms with Gasteiger partial charge in [-0.15, -0.1) is 0 Å². The van der Waals surface area contributed by atoms with Crippen LogP contribution in [0.5, 0.6) is 5.75 Å². The molecule has 2 saturated heterocycles. The van der Waals surface area contributed by atoms with E-state index in [0.29, 0.717) is 13.2 Å². The highest BCUT2D eigenvalue weighted by Crippen LogP contribution is 2.42. The van der Waals surface area contributed by atoms with Crippen LogP contribution < -0.4 is 4.43 Å². The van der Waals surface area contributed by atoms with Gasteiger partial charge in [0, 0.05) is 18.5 Å². The van der Waals surface area contributed by atoms with Crippen molar-refractivity contribution < 1.29 is 14.0 Å². The molecular formula is C29H40N2O3Si. The van der Waals surface area contributed by atoms with E-state index in [-0.39, 0.29) is 22.6 Å². The molecule has 5 rings (SSSR count). The number of carbonyl (C=O) groups is 1. The zero-order valence-electron chi connectivity index (χ0n) is 22.0. The minimum atomic E-state index is -1.91. The summed E-state index contributed by atoms with van der Waals surface area (Å²) >= 11 is 0. The third-order valence-corrected chi connectivity index (χ3v) is 13.2. The fraction of sp³-hybridized carbons (Fsp3) is 0.552. The van der Waals surface area contributed by atoms with Crippen molar-refractivity contribution in [2.45, 2.75) is 64.2 Å². The quantitative estimate of drug-likeness (QED) is 0.463. The third-order valence-electron chi connectivity index (χ3n) is 8.87. The number of rotatable bonds is 5. The molecule has 0 aliphatic carbocycles. The summed E-state index contributed by atoms with van der Waals surface area (Å²) < 4.78 is 12.5. The van der Waals surface area contributed by atoms with Gasteiger partial charge < -0.3 is 14.1 Å². The molecule has 2 fully saturated rings. The Hall–Kier alpha value is -2.31. The van der Waals surface area contributed by atoms with Gasteiger partial charge in [0.15, 0.2) is 0 Å². The van der Waals surface area contributed by atoms with E-state index in [0.717, 1.165) is 50.2 Å². The monoisotopic (exact) mass is 492 g/mol. The van der Waals surface area contributed by atoms with E-state index in [2.05, 4.69) is 87.3 Å². The van der Waals surface area contributed by atoms with Crippen LogP contribution in [0.15, 0.2) is 48.5 Å². The van der Waals surface area contributed by atoms with Gasteiger partial charge in [0.2, 0.25) is 8.32 Å². The first-order valence-electron chi connectivity index (χ1n) is 13.1. The predicted molar refractivity (Wildman–Crippen MR) is 142 cm³/mol. The number of hydrogen-bond donors (Lipinski definition) is 0. The van der Waals surface area contributed by atoms with E-state index < -0.39 is 8.32 Å². The van der Waals surface area contributed by atoms with Crippen LogP contribution >= 0.6 is 0 Å². The minimum Gasteiger partial charge on any atom is -0.544 e. The second kappa shape index (κ2) is 8.97.